The quantitative estimate of drug-likeness (QED) is 0.697. The van der Waals surface area contributed by atoms with E-state index in [0.29, 0.717) is 23.5 Å². The summed E-state index contributed by atoms with van der Waals surface area (Å²) < 4.78 is 65.1. The largest absolute Gasteiger partial charge is 0.416 e. The van der Waals surface area contributed by atoms with E-state index in [9.17, 15) is 26.4 Å². The molecule has 1 unspecified atom stereocenters. The molecule has 2 aromatic rings. The lowest BCUT2D eigenvalue weighted by molar-refractivity contribution is -0.137. The van der Waals surface area contributed by atoms with Crippen molar-refractivity contribution in [2.24, 2.45) is 0 Å². The van der Waals surface area contributed by atoms with Crippen LogP contribution >= 0.6 is 11.3 Å². The van der Waals surface area contributed by atoms with Crippen molar-refractivity contribution in [2.45, 2.75) is 49.0 Å². The highest BCUT2D eigenvalue weighted by Crippen LogP contribution is 2.30. The van der Waals surface area contributed by atoms with Gasteiger partial charge in [0, 0.05) is 18.0 Å². The molecule has 0 saturated carbocycles. The number of thiophene rings is 1. The number of carbonyl (C=O) groups excluding carboxylic acids is 1. The Kier molecular flexibility index (Phi) is 6.88. The zero-order valence-corrected chi connectivity index (χ0v) is 18.0. The lowest BCUT2D eigenvalue weighted by Gasteiger charge is -2.25. The molecule has 164 valence electrons. The van der Waals surface area contributed by atoms with Gasteiger partial charge in [0.15, 0.2) is 0 Å². The third kappa shape index (κ3) is 5.41. The highest BCUT2D eigenvalue weighted by Gasteiger charge is 2.30. The van der Waals surface area contributed by atoms with E-state index in [1.165, 1.54) is 22.5 Å². The third-order valence-corrected chi connectivity index (χ3v) is 8.45. The number of benzene rings is 1. The number of nitrogens with one attached hydrogen (secondary N) is 1. The minimum atomic E-state index is -4.41. The summed E-state index contributed by atoms with van der Waals surface area (Å²) in [6, 6.07) is 7.31. The molecule has 1 saturated heterocycles. The molecule has 3 rings (SSSR count). The molecule has 1 atom stereocenters. The minimum Gasteiger partial charge on any atom is -0.349 e. The second-order valence-electron chi connectivity index (χ2n) is 7.27. The fourth-order valence-corrected chi connectivity index (χ4v) is 6.35. The van der Waals surface area contributed by atoms with Crippen molar-refractivity contribution in [3.63, 3.8) is 0 Å². The molecule has 1 amide bonds. The lowest BCUT2D eigenvalue weighted by Crippen LogP contribution is -2.35. The molecule has 0 aliphatic carbocycles. The Labute approximate surface area is 178 Å². The number of amides is 1. The van der Waals surface area contributed by atoms with Crippen molar-refractivity contribution in [1.29, 1.82) is 0 Å². The summed E-state index contributed by atoms with van der Waals surface area (Å²) in [6.07, 6.45) is -1.68. The Morgan fingerprint density at radius 3 is 2.33 bits per heavy atom. The zero-order valence-electron chi connectivity index (χ0n) is 16.4. The van der Waals surface area contributed by atoms with E-state index in [-0.39, 0.29) is 16.5 Å². The van der Waals surface area contributed by atoms with Gasteiger partial charge in [0.05, 0.1) is 18.0 Å². The van der Waals surface area contributed by atoms with Crippen LogP contribution in [0.4, 0.5) is 13.2 Å². The minimum absolute atomic E-state index is 0.00512. The fourth-order valence-electron chi connectivity index (χ4n) is 3.32. The third-order valence-electron chi connectivity index (χ3n) is 5.00. The van der Waals surface area contributed by atoms with Gasteiger partial charge in [0.1, 0.15) is 4.21 Å². The van der Waals surface area contributed by atoms with E-state index >= 15 is 0 Å². The molecule has 5 nitrogen and oxygen atoms in total. The van der Waals surface area contributed by atoms with Crippen LogP contribution in [0, 0.1) is 0 Å². The van der Waals surface area contributed by atoms with Gasteiger partial charge in [-0.1, -0.05) is 18.6 Å². The Bertz CT molecular complexity index is 979. The Balaban J connectivity index is 1.60. The van der Waals surface area contributed by atoms with E-state index in [0.717, 1.165) is 42.7 Å². The molecule has 1 aliphatic rings. The normalized spacial score (nSPS) is 16.9. The SMILES string of the molecule is CC(NC(=O)Cc1ccc(S(=O)(=O)N2CCCCC2)s1)c1ccc(C(F)(F)F)cc1. The van der Waals surface area contributed by atoms with Gasteiger partial charge in [-0.05, 0) is 49.6 Å². The van der Waals surface area contributed by atoms with Crippen molar-refractivity contribution in [3.05, 3.63) is 52.4 Å². The summed E-state index contributed by atoms with van der Waals surface area (Å²) in [4.78, 5) is 13.0. The first-order valence-electron chi connectivity index (χ1n) is 9.63. The van der Waals surface area contributed by atoms with Crippen molar-refractivity contribution in [3.8, 4) is 0 Å². The number of alkyl halides is 3. The summed E-state index contributed by atoms with van der Waals surface area (Å²) in [5.41, 5.74) is -0.193. The average molecular weight is 461 g/mol. The van der Waals surface area contributed by atoms with Crippen LogP contribution in [0.15, 0.2) is 40.6 Å². The number of rotatable bonds is 6. The summed E-state index contributed by atoms with van der Waals surface area (Å²) in [5.74, 6) is -0.328. The number of piperidine rings is 1. The fraction of sp³-hybridized carbons (Fsp3) is 0.450. The average Bonchev–Trinajstić information content (AvgIpc) is 3.17. The monoisotopic (exact) mass is 460 g/mol. The molecule has 30 heavy (non-hydrogen) atoms. The standard InChI is InChI=1S/C20H23F3N2O3S2/c1-14(15-5-7-16(8-6-15)20(21,22)23)24-18(26)13-17-9-10-19(29-17)30(27,28)25-11-3-2-4-12-25/h5-10,14H,2-4,11-13H2,1H3,(H,24,26). The number of hydrogen-bond acceptors (Lipinski definition) is 4. The number of nitrogens with zero attached hydrogens (tertiary/aromatic N) is 1. The molecule has 0 radical (unpaired) electrons. The van der Waals surface area contributed by atoms with Crippen LogP contribution in [-0.2, 0) is 27.4 Å². The van der Waals surface area contributed by atoms with Crippen molar-refractivity contribution in [1.82, 2.24) is 9.62 Å². The van der Waals surface area contributed by atoms with Gasteiger partial charge in [0.25, 0.3) is 10.0 Å². The Hall–Kier alpha value is -1.91. The predicted molar refractivity (Wildman–Crippen MR) is 109 cm³/mol. The van der Waals surface area contributed by atoms with Crippen molar-refractivity contribution >= 4 is 27.3 Å². The number of carbonyl (C=O) groups is 1. The molecule has 1 aliphatic heterocycles. The molecule has 1 N–H and O–H groups in total. The molecule has 1 aromatic heterocycles. The van der Waals surface area contributed by atoms with Gasteiger partial charge in [-0.25, -0.2) is 8.42 Å². The van der Waals surface area contributed by atoms with Crippen LogP contribution in [0.1, 0.15) is 48.2 Å². The first kappa shape index (κ1) is 22.8. The maximum absolute atomic E-state index is 12.7. The number of halogens is 3. The maximum atomic E-state index is 12.7. The van der Waals surface area contributed by atoms with E-state index < -0.39 is 27.8 Å². The molecule has 1 aromatic carbocycles. The van der Waals surface area contributed by atoms with E-state index in [4.69, 9.17) is 0 Å². The van der Waals surface area contributed by atoms with E-state index in [2.05, 4.69) is 5.32 Å². The van der Waals surface area contributed by atoms with E-state index in [1.54, 1.807) is 13.0 Å². The van der Waals surface area contributed by atoms with Crippen LogP contribution in [-0.4, -0.2) is 31.7 Å². The van der Waals surface area contributed by atoms with Gasteiger partial charge >= 0.3 is 6.18 Å². The van der Waals surface area contributed by atoms with Gasteiger partial charge in [-0.15, -0.1) is 11.3 Å². The second-order valence-corrected chi connectivity index (χ2v) is 10.6. The Morgan fingerprint density at radius 1 is 1.10 bits per heavy atom. The van der Waals surface area contributed by atoms with Crippen LogP contribution in [0.25, 0.3) is 0 Å². The topological polar surface area (TPSA) is 66.5 Å². The van der Waals surface area contributed by atoms with Gasteiger partial charge in [-0.3, -0.25) is 4.79 Å². The van der Waals surface area contributed by atoms with Crippen molar-refractivity contribution < 1.29 is 26.4 Å². The number of hydrogen-bond donors (Lipinski definition) is 1. The van der Waals surface area contributed by atoms with Gasteiger partial charge in [0.2, 0.25) is 5.91 Å². The molecule has 1 fully saturated rings. The summed E-state index contributed by atoms with van der Waals surface area (Å²) in [6.45, 7) is 2.71. The molecule has 0 spiro atoms. The zero-order chi connectivity index (χ0) is 21.9. The summed E-state index contributed by atoms with van der Waals surface area (Å²) in [7, 11) is -3.53. The highest BCUT2D eigenvalue weighted by atomic mass is 32.2. The van der Waals surface area contributed by atoms with Gasteiger partial charge < -0.3 is 5.32 Å². The van der Waals surface area contributed by atoms with Gasteiger partial charge in [-0.2, -0.15) is 17.5 Å². The first-order chi connectivity index (χ1) is 14.1. The summed E-state index contributed by atoms with van der Waals surface area (Å²) in [5, 5.41) is 2.74. The Morgan fingerprint density at radius 2 is 1.73 bits per heavy atom. The lowest BCUT2D eigenvalue weighted by atomic mass is 10.1. The van der Waals surface area contributed by atoms with E-state index in [1.807, 2.05) is 0 Å². The van der Waals surface area contributed by atoms with Crippen LogP contribution < -0.4 is 5.32 Å². The van der Waals surface area contributed by atoms with Crippen molar-refractivity contribution in [2.75, 3.05) is 13.1 Å². The summed E-state index contributed by atoms with van der Waals surface area (Å²) >= 11 is 1.07. The van der Waals surface area contributed by atoms with Crippen LogP contribution in [0.2, 0.25) is 0 Å². The molecule has 2 heterocycles. The van der Waals surface area contributed by atoms with Crippen LogP contribution in [0.3, 0.4) is 0 Å². The molecule has 0 bridgehead atoms. The maximum Gasteiger partial charge on any atom is 0.416 e. The molecular weight excluding hydrogens is 437 g/mol. The van der Waals surface area contributed by atoms with Crippen LogP contribution in [0.5, 0.6) is 0 Å². The molecular formula is C20H23F3N2O3S2. The first-order valence-corrected chi connectivity index (χ1v) is 11.9. The second kappa shape index (κ2) is 9.07. The smallest absolute Gasteiger partial charge is 0.349 e. The number of sulfonamides is 1. The molecule has 10 heteroatoms. The highest BCUT2D eigenvalue weighted by molar-refractivity contribution is 7.91. The predicted octanol–water partition coefficient (Wildman–Crippen LogP) is 4.36.